The van der Waals surface area contributed by atoms with Crippen molar-refractivity contribution in [3.8, 4) is 5.75 Å². The van der Waals surface area contributed by atoms with Crippen molar-refractivity contribution in [1.29, 1.82) is 0 Å². The Hall–Kier alpha value is -0.670. The summed E-state index contributed by atoms with van der Waals surface area (Å²) in [5.74, 6) is 0.408. The number of phenols is 1. The SMILES string of the molecule is CCCC(C)(PC1=C(C=O)CCC=C1)c1cc(C(C)(C)I)cc(C)c1O. The Kier molecular flexibility index (Phi) is 7.12. The highest BCUT2D eigenvalue weighted by molar-refractivity contribution is 14.1. The van der Waals surface area contributed by atoms with Gasteiger partial charge in [0.05, 0.1) is 0 Å². The third-order valence-electron chi connectivity index (χ3n) is 5.10. The van der Waals surface area contributed by atoms with Gasteiger partial charge in [-0.05, 0) is 68.1 Å². The number of hydrogen-bond donors (Lipinski definition) is 1. The number of aromatic hydroxyl groups is 1. The average Bonchev–Trinajstić information content (AvgIpc) is 2.56. The Morgan fingerprint density at radius 1 is 1.31 bits per heavy atom. The Balaban J connectivity index is 2.59. The molecule has 2 atom stereocenters. The molecule has 4 heteroatoms. The van der Waals surface area contributed by atoms with Crippen LogP contribution in [-0.2, 0) is 13.4 Å². The van der Waals surface area contributed by atoms with Crippen LogP contribution in [0.15, 0.2) is 35.2 Å². The van der Waals surface area contributed by atoms with Crippen LogP contribution in [0, 0.1) is 6.92 Å². The number of benzene rings is 1. The van der Waals surface area contributed by atoms with Gasteiger partial charge in [-0.1, -0.05) is 69.7 Å². The molecular formula is C22H30IO2P. The summed E-state index contributed by atoms with van der Waals surface area (Å²) in [4.78, 5) is 11.5. The van der Waals surface area contributed by atoms with Gasteiger partial charge in [-0.2, -0.15) is 0 Å². The van der Waals surface area contributed by atoms with Crippen molar-refractivity contribution in [2.45, 2.75) is 68.9 Å². The molecule has 2 rings (SSSR count). The first-order valence-electron chi connectivity index (χ1n) is 9.29. The average molecular weight is 484 g/mol. The van der Waals surface area contributed by atoms with E-state index >= 15 is 0 Å². The second kappa shape index (κ2) is 8.56. The lowest BCUT2D eigenvalue weighted by Gasteiger charge is -2.34. The molecule has 1 aromatic rings. The molecule has 1 aromatic carbocycles. The van der Waals surface area contributed by atoms with Crippen molar-refractivity contribution < 1.29 is 9.90 Å². The van der Waals surface area contributed by atoms with Crippen LogP contribution < -0.4 is 0 Å². The number of carbonyl (C=O) groups is 1. The van der Waals surface area contributed by atoms with Crippen molar-refractivity contribution in [3.63, 3.8) is 0 Å². The molecule has 1 aliphatic rings. The lowest BCUT2D eigenvalue weighted by Crippen LogP contribution is -2.19. The Labute approximate surface area is 173 Å². The second-order valence-electron chi connectivity index (χ2n) is 7.87. The van der Waals surface area contributed by atoms with E-state index in [-0.39, 0.29) is 8.58 Å². The third kappa shape index (κ3) is 4.78. The highest BCUT2D eigenvalue weighted by Gasteiger charge is 2.33. The minimum Gasteiger partial charge on any atom is -0.507 e. The molecule has 0 spiro atoms. The molecule has 0 saturated carbocycles. The fourth-order valence-corrected chi connectivity index (χ4v) is 5.68. The van der Waals surface area contributed by atoms with E-state index in [0.717, 1.165) is 54.0 Å². The predicted octanol–water partition coefficient (Wildman–Crippen LogP) is 6.87. The highest BCUT2D eigenvalue weighted by atomic mass is 127. The molecular weight excluding hydrogens is 454 g/mol. The number of rotatable bonds is 7. The highest BCUT2D eigenvalue weighted by Crippen LogP contribution is 2.55. The van der Waals surface area contributed by atoms with Crippen molar-refractivity contribution in [1.82, 2.24) is 0 Å². The van der Waals surface area contributed by atoms with E-state index in [1.54, 1.807) is 0 Å². The Bertz CT molecular complexity index is 743. The molecule has 0 amide bonds. The standard InChI is InChI=1S/C22H30IO2P/c1-6-11-22(5,26-19-10-8-7-9-16(19)14-24)18-13-17(21(3,4)23)12-15(2)20(18)25/h8,10,12-14,25-26H,6-7,9,11H2,1-5H3. The monoisotopic (exact) mass is 484 g/mol. The summed E-state index contributed by atoms with van der Waals surface area (Å²) < 4.78 is -0.000822. The fraction of sp³-hybridized carbons (Fsp3) is 0.500. The van der Waals surface area contributed by atoms with E-state index in [0.29, 0.717) is 14.3 Å². The number of allylic oxidation sites excluding steroid dienone is 4. The van der Waals surface area contributed by atoms with Gasteiger partial charge in [-0.15, -0.1) is 0 Å². The van der Waals surface area contributed by atoms with Crippen LogP contribution in [-0.4, -0.2) is 11.4 Å². The minimum atomic E-state index is -0.174. The molecule has 142 valence electrons. The number of alkyl halides is 1. The molecule has 0 fully saturated rings. The van der Waals surface area contributed by atoms with Gasteiger partial charge >= 0.3 is 0 Å². The molecule has 0 aromatic heterocycles. The predicted molar refractivity (Wildman–Crippen MR) is 122 cm³/mol. The van der Waals surface area contributed by atoms with E-state index in [1.807, 2.05) is 6.92 Å². The zero-order chi connectivity index (χ0) is 19.5. The number of aryl methyl sites for hydroxylation is 1. The molecule has 26 heavy (non-hydrogen) atoms. The maximum atomic E-state index is 11.5. The number of phenolic OH excluding ortho intramolecular Hbond substituents is 1. The molecule has 2 unspecified atom stereocenters. The number of carbonyl (C=O) groups excluding carboxylic acids is 1. The van der Waals surface area contributed by atoms with Crippen molar-refractivity contribution >= 4 is 37.5 Å². The van der Waals surface area contributed by atoms with Crippen LogP contribution in [0.25, 0.3) is 0 Å². The van der Waals surface area contributed by atoms with Gasteiger partial charge in [0.2, 0.25) is 0 Å². The lowest BCUT2D eigenvalue weighted by molar-refractivity contribution is -0.105. The molecule has 0 aliphatic heterocycles. The first kappa shape index (κ1) is 21.6. The van der Waals surface area contributed by atoms with Crippen molar-refractivity contribution in [2.75, 3.05) is 0 Å². The molecule has 0 saturated heterocycles. The maximum Gasteiger partial charge on any atom is 0.146 e. The van der Waals surface area contributed by atoms with E-state index in [1.165, 1.54) is 5.56 Å². The summed E-state index contributed by atoms with van der Waals surface area (Å²) in [6, 6.07) is 4.28. The number of hydrogen-bond acceptors (Lipinski definition) is 2. The summed E-state index contributed by atoms with van der Waals surface area (Å²) >= 11 is 2.46. The molecule has 0 radical (unpaired) electrons. The largest absolute Gasteiger partial charge is 0.507 e. The van der Waals surface area contributed by atoms with Crippen molar-refractivity contribution in [3.05, 3.63) is 51.9 Å². The number of halogens is 1. The first-order chi connectivity index (χ1) is 12.1. The van der Waals surface area contributed by atoms with E-state index in [2.05, 4.69) is 74.6 Å². The van der Waals surface area contributed by atoms with Crippen LogP contribution in [0.1, 0.15) is 70.1 Å². The smallest absolute Gasteiger partial charge is 0.146 e. The maximum absolute atomic E-state index is 11.5. The minimum absolute atomic E-state index is 0.000822. The van der Waals surface area contributed by atoms with E-state index < -0.39 is 0 Å². The molecule has 0 heterocycles. The molecule has 2 nitrogen and oxygen atoms in total. The second-order valence-corrected chi connectivity index (χ2v) is 12.5. The first-order valence-corrected chi connectivity index (χ1v) is 11.4. The van der Waals surface area contributed by atoms with Crippen LogP contribution in [0.2, 0.25) is 0 Å². The van der Waals surface area contributed by atoms with Crippen LogP contribution in [0.4, 0.5) is 0 Å². The van der Waals surface area contributed by atoms with Crippen LogP contribution in [0.5, 0.6) is 5.75 Å². The van der Waals surface area contributed by atoms with Gasteiger partial charge in [0, 0.05) is 14.1 Å². The molecule has 1 N–H and O–H groups in total. The molecule has 1 aliphatic carbocycles. The molecule has 0 bridgehead atoms. The van der Waals surface area contributed by atoms with Gasteiger partial charge < -0.3 is 5.11 Å². The van der Waals surface area contributed by atoms with Crippen LogP contribution in [0.3, 0.4) is 0 Å². The zero-order valence-corrected chi connectivity index (χ0v) is 19.6. The van der Waals surface area contributed by atoms with Gasteiger partial charge in [-0.25, -0.2) is 0 Å². The number of aldehydes is 1. The van der Waals surface area contributed by atoms with Crippen LogP contribution >= 0.6 is 31.2 Å². The fourth-order valence-electron chi connectivity index (χ4n) is 3.53. The third-order valence-corrected chi connectivity index (χ3v) is 7.55. The summed E-state index contributed by atoms with van der Waals surface area (Å²) in [5, 5.41) is 11.9. The topological polar surface area (TPSA) is 37.3 Å². The van der Waals surface area contributed by atoms with E-state index in [9.17, 15) is 9.90 Å². The summed E-state index contributed by atoms with van der Waals surface area (Å²) in [6.45, 7) is 10.8. The Morgan fingerprint density at radius 2 is 2.00 bits per heavy atom. The Morgan fingerprint density at radius 3 is 2.58 bits per heavy atom. The quantitative estimate of drug-likeness (QED) is 0.199. The van der Waals surface area contributed by atoms with Gasteiger partial charge in [-0.3, -0.25) is 4.79 Å². The summed E-state index contributed by atoms with van der Waals surface area (Å²) in [6.07, 6.45) is 9.09. The summed E-state index contributed by atoms with van der Waals surface area (Å²) in [5.41, 5.74) is 4.11. The van der Waals surface area contributed by atoms with Gasteiger partial charge in [0.15, 0.2) is 0 Å². The zero-order valence-electron chi connectivity index (χ0n) is 16.4. The van der Waals surface area contributed by atoms with Gasteiger partial charge in [0.1, 0.15) is 12.0 Å². The van der Waals surface area contributed by atoms with Gasteiger partial charge in [0.25, 0.3) is 0 Å². The normalized spacial score (nSPS) is 17.8. The summed E-state index contributed by atoms with van der Waals surface area (Å²) in [7, 11) is 0.469. The lowest BCUT2D eigenvalue weighted by atomic mass is 9.88. The van der Waals surface area contributed by atoms with E-state index in [4.69, 9.17) is 0 Å². The van der Waals surface area contributed by atoms with Crippen molar-refractivity contribution in [2.24, 2.45) is 0 Å².